The number of H-pyrrole nitrogens is 1. The number of anilines is 3. The minimum atomic E-state index is -4.87. The number of carbonyl (C=O) groups is 1. The Labute approximate surface area is 222 Å². The molecule has 0 radical (unpaired) electrons. The summed E-state index contributed by atoms with van der Waals surface area (Å²) in [5.41, 5.74) is -0.507. The number of amides is 1. The molecule has 0 saturated carbocycles. The fourth-order valence-electron chi connectivity index (χ4n) is 4.62. The van der Waals surface area contributed by atoms with E-state index >= 15 is 0 Å². The summed E-state index contributed by atoms with van der Waals surface area (Å²) in [6.07, 6.45) is -0.726. The van der Waals surface area contributed by atoms with Gasteiger partial charge in [-0.1, -0.05) is 6.07 Å². The van der Waals surface area contributed by atoms with E-state index in [9.17, 15) is 22.8 Å². The predicted molar refractivity (Wildman–Crippen MR) is 140 cm³/mol. The normalized spacial score (nSPS) is 16.8. The lowest BCUT2D eigenvalue weighted by Crippen LogP contribution is -2.44. The van der Waals surface area contributed by atoms with Crippen molar-refractivity contribution in [1.82, 2.24) is 19.9 Å². The predicted octanol–water partition coefficient (Wildman–Crippen LogP) is 2.69. The van der Waals surface area contributed by atoms with E-state index in [4.69, 9.17) is 4.74 Å². The molecule has 10 nitrogen and oxygen atoms in total. The summed E-state index contributed by atoms with van der Waals surface area (Å²) < 4.78 is 46.2. The standard InChI is InChI=1S/C26H28F3N7O3/c1-34-4-6-35(7-5-34)22-3-2-17(18-14-31-25(32-15-18)36-8-10-39-11-9-36)12-21(22)33-24(38)19-16-30-23(37)13-20(19)26(27,28)29/h2-3,12-16H,4-11H2,1H3,(H,30,37)(H,33,38). The molecule has 0 atom stereocenters. The lowest BCUT2D eigenvalue weighted by atomic mass is 10.1. The summed E-state index contributed by atoms with van der Waals surface area (Å²) in [6.45, 7) is 5.56. The number of aromatic nitrogens is 3. The van der Waals surface area contributed by atoms with Crippen molar-refractivity contribution in [1.29, 1.82) is 0 Å². The number of nitrogens with zero attached hydrogens (tertiary/aromatic N) is 5. The summed E-state index contributed by atoms with van der Waals surface area (Å²) in [5.74, 6) is -0.396. The van der Waals surface area contributed by atoms with Crippen LogP contribution in [0.2, 0.25) is 0 Å². The van der Waals surface area contributed by atoms with E-state index in [1.165, 1.54) is 0 Å². The molecule has 206 valence electrons. The summed E-state index contributed by atoms with van der Waals surface area (Å²) in [6, 6.07) is 5.80. The summed E-state index contributed by atoms with van der Waals surface area (Å²) in [4.78, 5) is 42.1. The van der Waals surface area contributed by atoms with Gasteiger partial charge in [0.05, 0.1) is 35.7 Å². The van der Waals surface area contributed by atoms with Gasteiger partial charge in [0.2, 0.25) is 11.5 Å². The number of hydrogen-bond acceptors (Lipinski definition) is 8. The lowest BCUT2D eigenvalue weighted by Gasteiger charge is -2.35. The third-order valence-electron chi connectivity index (χ3n) is 6.83. The van der Waals surface area contributed by atoms with E-state index in [1.54, 1.807) is 18.5 Å². The van der Waals surface area contributed by atoms with Gasteiger partial charge in [0.1, 0.15) is 0 Å². The smallest absolute Gasteiger partial charge is 0.378 e. The maximum atomic E-state index is 13.6. The molecule has 3 aromatic rings. The molecule has 2 aromatic heterocycles. The first kappa shape index (κ1) is 26.6. The number of morpholine rings is 1. The van der Waals surface area contributed by atoms with E-state index in [-0.39, 0.29) is 0 Å². The largest absolute Gasteiger partial charge is 0.417 e. The average Bonchev–Trinajstić information content (AvgIpc) is 2.93. The Kier molecular flexibility index (Phi) is 7.53. The molecule has 1 aromatic carbocycles. The minimum absolute atomic E-state index is 0.346. The van der Waals surface area contributed by atoms with Crippen molar-refractivity contribution < 1.29 is 22.7 Å². The van der Waals surface area contributed by atoms with Crippen LogP contribution in [0.5, 0.6) is 0 Å². The van der Waals surface area contributed by atoms with Crippen LogP contribution in [0.1, 0.15) is 15.9 Å². The molecule has 5 rings (SSSR count). The molecule has 39 heavy (non-hydrogen) atoms. The van der Waals surface area contributed by atoms with Gasteiger partial charge >= 0.3 is 6.18 Å². The summed E-state index contributed by atoms with van der Waals surface area (Å²) in [5, 5.41) is 2.66. The number of alkyl halides is 3. The third kappa shape index (κ3) is 6.04. The Balaban J connectivity index is 1.48. The number of aromatic amines is 1. The topological polar surface area (TPSA) is 107 Å². The molecular formula is C26H28F3N7O3. The zero-order valence-electron chi connectivity index (χ0n) is 21.3. The second-order valence-electron chi connectivity index (χ2n) is 9.47. The monoisotopic (exact) mass is 543 g/mol. The number of carbonyl (C=O) groups excluding carboxylic acids is 1. The quantitative estimate of drug-likeness (QED) is 0.506. The SMILES string of the molecule is CN1CCN(c2ccc(-c3cnc(N4CCOCC4)nc3)cc2NC(=O)c2c[nH]c(=O)cc2C(F)(F)F)CC1. The average molecular weight is 544 g/mol. The minimum Gasteiger partial charge on any atom is -0.378 e. The van der Waals surface area contributed by atoms with Crippen molar-refractivity contribution in [3.63, 3.8) is 0 Å². The molecular weight excluding hydrogens is 515 g/mol. The van der Waals surface area contributed by atoms with Gasteiger partial charge in [0.25, 0.3) is 5.91 Å². The molecule has 0 aliphatic carbocycles. The Morgan fingerprint density at radius 1 is 0.974 bits per heavy atom. The van der Waals surface area contributed by atoms with Crippen LogP contribution in [0.4, 0.5) is 30.5 Å². The highest BCUT2D eigenvalue weighted by Crippen LogP contribution is 2.34. The van der Waals surface area contributed by atoms with Crippen molar-refractivity contribution in [2.24, 2.45) is 0 Å². The van der Waals surface area contributed by atoms with Gasteiger partial charge in [-0.2, -0.15) is 13.2 Å². The maximum absolute atomic E-state index is 13.6. The van der Waals surface area contributed by atoms with Crippen molar-refractivity contribution in [2.45, 2.75) is 6.18 Å². The summed E-state index contributed by atoms with van der Waals surface area (Å²) >= 11 is 0. The van der Waals surface area contributed by atoms with Crippen LogP contribution >= 0.6 is 0 Å². The number of ether oxygens (including phenoxy) is 1. The molecule has 2 saturated heterocycles. The van der Waals surface area contributed by atoms with Crippen molar-refractivity contribution in [3.05, 3.63) is 64.3 Å². The highest BCUT2D eigenvalue weighted by molar-refractivity contribution is 6.07. The molecule has 2 N–H and O–H groups in total. The first-order valence-electron chi connectivity index (χ1n) is 12.5. The zero-order valence-corrected chi connectivity index (χ0v) is 21.3. The number of hydrogen-bond donors (Lipinski definition) is 2. The Morgan fingerprint density at radius 3 is 2.33 bits per heavy atom. The fraction of sp³-hybridized carbons (Fsp3) is 0.385. The number of nitrogens with one attached hydrogen (secondary N) is 2. The second kappa shape index (κ2) is 11.0. The summed E-state index contributed by atoms with van der Waals surface area (Å²) in [7, 11) is 2.01. The van der Waals surface area contributed by atoms with E-state index in [2.05, 4.69) is 30.1 Å². The molecule has 0 bridgehead atoms. The highest BCUT2D eigenvalue weighted by atomic mass is 19.4. The third-order valence-corrected chi connectivity index (χ3v) is 6.83. The highest BCUT2D eigenvalue weighted by Gasteiger charge is 2.36. The Bertz CT molecular complexity index is 1380. The van der Waals surface area contributed by atoms with Crippen LogP contribution in [-0.4, -0.2) is 85.3 Å². The Morgan fingerprint density at radius 2 is 1.67 bits per heavy atom. The molecule has 0 spiro atoms. The van der Waals surface area contributed by atoms with Gasteiger partial charge in [-0.25, -0.2) is 9.97 Å². The van der Waals surface area contributed by atoms with Gasteiger partial charge in [-0.05, 0) is 24.7 Å². The van der Waals surface area contributed by atoms with E-state index in [0.717, 1.165) is 19.3 Å². The Hall–Kier alpha value is -3.97. The second-order valence-corrected chi connectivity index (χ2v) is 9.47. The van der Waals surface area contributed by atoms with Gasteiger partial charge in [-0.15, -0.1) is 0 Å². The number of likely N-dealkylation sites (N-methyl/N-ethyl adjacent to an activating group) is 1. The van der Waals surface area contributed by atoms with E-state index < -0.39 is 28.8 Å². The van der Waals surface area contributed by atoms with Crippen LogP contribution in [0, 0.1) is 0 Å². The van der Waals surface area contributed by atoms with Crippen LogP contribution in [-0.2, 0) is 10.9 Å². The zero-order chi connectivity index (χ0) is 27.6. The number of halogens is 3. The van der Waals surface area contributed by atoms with Crippen LogP contribution < -0.4 is 20.7 Å². The van der Waals surface area contributed by atoms with E-state index in [1.807, 2.05) is 24.1 Å². The lowest BCUT2D eigenvalue weighted by molar-refractivity contribution is -0.138. The molecule has 1 amide bonds. The first-order chi connectivity index (χ1) is 18.7. The van der Waals surface area contributed by atoms with Crippen molar-refractivity contribution in [3.8, 4) is 11.1 Å². The maximum Gasteiger partial charge on any atom is 0.417 e. The van der Waals surface area contributed by atoms with Crippen LogP contribution in [0.3, 0.4) is 0 Å². The fourth-order valence-corrected chi connectivity index (χ4v) is 4.62. The first-order valence-corrected chi connectivity index (χ1v) is 12.5. The molecule has 2 aliphatic rings. The van der Waals surface area contributed by atoms with Crippen LogP contribution in [0.15, 0.2) is 47.7 Å². The number of pyridine rings is 1. The van der Waals surface area contributed by atoms with Gasteiger partial charge in [-0.3, -0.25) is 9.59 Å². The van der Waals surface area contributed by atoms with Gasteiger partial charge in [0.15, 0.2) is 0 Å². The number of benzene rings is 1. The molecule has 2 fully saturated rings. The number of rotatable bonds is 5. The molecule has 0 unspecified atom stereocenters. The number of piperazine rings is 1. The molecule has 4 heterocycles. The van der Waals surface area contributed by atoms with Gasteiger partial charge < -0.3 is 29.7 Å². The van der Waals surface area contributed by atoms with Crippen LogP contribution in [0.25, 0.3) is 11.1 Å². The van der Waals surface area contributed by atoms with E-state index in [0.29, 0.717) is 73.9 Å². The van der Waals surface area contributed by atoms with Gasteiger partial charge in [0, 0.05) is 69.5 Å². The molecule has 13 heteroatoms. The van der Waals surface area contributed by atoms with Crippen molar-refractivity contribution >= 4 is 23.2 Å². The van der Waals surface area contributed by atoms with Crippen molar-refractivity contribution in [2.75, 3.05) is 74.6 Å². The molecule has 2 aliphatic heterocycles.